The molecule has 6 nitrogen and oxygen atoms in total. The lowest BCUT2D eigenvalue weighted by molar-refractivity contribution is -0.128. The molecule has 1 amide bonds. The van der Waals surface area contributed by atoms with E-state index in [1.54, 1.807) is 19.2 Å². The first-order chi connectivity index (χ1) is 14.6. The van der Waals surface area contributed by atoms with Gasteiger partial charge in [-0.1, -0.05) is 37.3 Å². The van der Waals surface area contributed by atoms with Gasteiger partial charge in [0.15, 0.2) is 0 Å². The van der Waals surface area contributed by atoms with Crippen molar-refractivity contribution < 1.29 is 14.3 Å². The molecule has 2 aliphatic heterocycles. The smallest absolute Gasteiger partial charge is 0.295 e. The van der Waals surface area contributed by atoms with Crippen LogP contribution in [0.5, 0.6) is 0 Å². The molecule has 0 saturated carbocycles. The molecule has 0 spiro atoms. The molecule has 0 bridgehead atoms. The molecule has 1 atom stereocenters. The van der Waals surface area contributed by atoms with Crippen molar-refractivity contribution in [2.24, 2.45) is 5.92 Å². The predicted molar refractivity (Wildman–Crippen MR) is 119 cm³/mol. The number of amides is 1. The third-order valence-electron chi connectivity index (χ3n) is 6.65. The van der Waals surface area contributed by atoms with Gasteiger partial charge in [0.2, 0.25) is 5.78 Å². The van der Waals surface area contributed by atoms with Crippen LogP contribution in [0.15, 0.2) is 30.3 Å². The van der Waals surface area contributed by atoms with Crippen molar-refractivity contribution in [3.8, 4) is 0 Å². The molecule has 0 radical (unpaired) electrons. The molecule has 0 N–H and O–H groups in total. The first kappa shape index (κ1) is 22.9. The van der Waals surface area contributed by atoms with E-state index < -0.39 is 0 Å². The van der Waals surface area contributed by atoms with Gasteiger partial charge < -0.3 is 14.5 Å². The van der Waals surface area contributed by atoms with Crippen LogP contribution < -0.4 is 0 Å². The molecular weight excluding hydrogens is 378 g/mol. The highest BCUT2D eigenvalue weighted by Gasteiger charge is 2.32. The number of benzene rings is 1. The highest BCUT2D eigenvalue weighted by Crippen LogP contribution is 2.22. The monoisotopic (exact) mass is 415 g/mol. The molecule has 1 aromatic rings. The summed E-state index contributed by atoms with van der Waals surface area (Å²) in [5, 5.41) is 0. The molecule has 30 heavy (non-hydrogen) atoms. The lowest BCUT2D eigenvalue weighted by Crippen LogP contribution is -2.48. The van der Waals surface area contributed by atoms with Crippen molar-refractivity contribution in [1.82, 2.24) is 14.7 Å². The van der Waals surface area contributed by atoms with Gasteiger partial charge in [0.25, 0.3) is 5.91 Å². The van der Waals surface area contributed by atoms with Crippen molar-refractivity contribution >= 4 is 11.7 Å². The quantitative estimate of drug-likeness (QED) is 0.434. The summed E-state index contributed by atoms with van der Waals surface area (Å²) in [5.41, 5.74) is 0.487. The van der Waals surface area contributed by atoms with E-state index in [0.717, 1.165) is 58.6 Å². The number of nitrogens with zero attached hydrogens (tertiary/aromatic N) is 3. The molecule has 2 saturated heterocycles. The van der Waals surface area contributed by atoms with Gasteiger partial charge in [0.05, 0.1) is 6.61 Å². The Morgan fingerprint density at radius 3 is 2.47 bits per heavy atom. The molecule has 6 heteroatoms. The standard InChI is InChI=1S/C24H37N3O3/c1-3-26-13-7-10-22(26)19-27(24(29)23(28)21-8-5-4-6-9-21)18-20-11-14-25(15-12-20)16-17-30-2/h4-6,8-9,20,22H,3,7,10-19H2,1-2H3/t22-/m1/s1. The first-order valence-corrected chi connectivity index (χ1v) is 11.5. The first-order valence-electron chi connectivity index (χ1n) is 11.5. The topological polar surface area (TPSA) is 53.1 Å². The Morgan fingerprint density at radius 2 is 1.80 bits per heavy atom. The summed E-state index contributed by atoms with van der Waals surface area (Å²) in [6.45, 7) is 9.40. The third-order valence-corrected chi connectivity index (χ3v) is 6.65. The van der Waals surface area contributed by atoms with Crippen LogP contribution in [0.3, 0.4) is 0 Å². The number of piperidine rings is 1. The molecule has 1 aromatic carbocycles. The van der Waals surface area contributed by atoms with Crippen LogP contribution in [0.1, 0.15) is 43.0 Å². The second kappa shape index (κ2) is 11.6. The van der Waals surface area contributed by atoms with Gasteiger partial charge in [-0.3, -0.25) is 14.5 Å². The van der Waals surface area contributed by atoms with Gasteiger partial charge in [0.1, 0.15) is 0 Å². The van der Waals surface area contributed by atoms with E-state index >= 15 is 0 Å². The number of carbonyl (C=O) groups excluding carboxylic acids is 2. The van der Waals surface area contributed by atoms with Crippen molar-refractivity contribution in [3.63, 3.8) is 0 Å². The fourth-order valence-corrected chi connectivity index (χ4v) is 4.79. The maximum absolute atomic E-state index is 13.2. The summed E-state index contributed by atoms with van der Waals surface area (Å²) in [6, 6.07) is 9.34. The van der Waals surface area contributed by atoms with Crippen LogP contribution >= 0.6 is 0 Å². The van der Waals surface area contributed by atoms with Gasteiger partial charge in [-0.05, 0) is 57.8 Å². The van der Waals surface area contributed by atoms with Gasteiger partial charge in [-0.15, -0.1) is 0 Å². The number of carbonyl (C=O) groups is 2. The highest BCUT2D eigenvalue weighted by atomic mass is 16.5. The number of ketones is 1. The zero-order chi connectivity index (χ0) is 21.3. The number of ether oxygens (including phenoxy) is 1. The lowest BCUT2D eigenvalue weighted by atomic mass is 9.95. The summed E-state index contributed by atoms with van der Waals surface area (Å²) >= 11 is 0. The summed E-state index contributed by atoms with van der Waals surface area (Å²) in [6.07, 6.45) is 4.40. The van der Waals surface area contributed by atoms with Crippen LogP contribution in [-0.4, -0.2) is 92.0 Å². The number of hydrogen-bond donors (Lipinski definition) is 0. The largest absolute Gasteiger partial charge is 0.383 e. The summed E-state index contributed by atoms with van der Waals surface area (Å²) in [5.74, 6) is -0.270. The molecule has 0 aliphatic carbocycles. The van der Waals surface area contributed by atoms with E-state index in [1.165, 1.54) is 6.42 Å². The Labute approximate surface area is 181 Å². The van der Waals surface area contributed by atoms with Crippen molar-refractivity contribution in [2.45, 2.75) is 38.6 Å². The molecule has 2 fully saturated rings. The minimum atomic E-state index is -0.380. The van der Waals surface area contributed by atoms with E-state index in [1.807, 2.05) is 23.1 Å². The van der Waals surface area contributed by atoms with Gasteiger partial charge in [0, 0.05) is 38.3 Å². The molecule has 3 rings (SSSR count). The van der Waals surface area contributed by atoms with Crippen LogP contribution in [-0.2, 0) is 9.53 Å². The molecule has 166 valence electrons. The summed E-state index contributed by atoms with van der Waals surface area (Å²) in [7, 11) is 1.74. The van der Waals surface area contributed by atoms with Crippen molar-refractivity contribution in [1.29, 1.82) is 0 Å². The Morgan fingerprint density at radius 1 is 1.07 bits per heavy atom. The minimum absolute atomic E-state index is 0.342. The van der Waals surface area contributed by atoms with Crippen molar-refractivity contribution in [3.05, 3.63) is 35.9 Å². The fourth-order valence-electron chi connectivity index (χ4n) is 4.79. The van der Waals surface area contributed by atoms with Crippen LogP contribution in [0.2, 0.25) is 0 Å². The van der Waals surface area contributed by atoms with E-state index in [9.17, 15) is 9.59 Å². The highest BCUT2D eigenvalue weighted by molar-refractivity contribution is 6.42. The molecule has 2 heterocycles. The number of Topliss-reactive ketones (excluding diaryl/α,β-unsaturated/α-hetero) is 1. The summed E-state index contributed by atoms with van der Waals surface area (Å²) < 4.78 is 5.19. The SMILES string of the molecule is CCN1CCC[C@@H]1CN(CC1CCN(CCOC)CC1)C(=O)C(=O)c1ccccc1. The van der Waals surface area contributed by atoms with Gasteiger partial charge >= 0.3 is 0 Å². The van der Waals surface area contributed by atoms with Gasteiger partial charge in [-0.2, -0.15) is 0 Å². The van der Waals surface area contributed by atoms with Crippen LogP contribution in [0, 0.1) is 5.92 Å². The lowest BCUT2D eigenvalue weighted by Gasteiger charge is -2.36. The van der Waals surface area contributed by atoms with E-state index in [2.05, 4.69) is 16.7 Å². The number of methoxy groups -OCH3 is 1. The van der Waals surface area contributed by atoms with E-state index in [0.29, 0.717) is 30.6 Å². The third kappa shape index (κ3) is 6.13. The maximum Gasteiger partial charge on any atom is 0.295 e. The predicted octanol–water partition coefficient (Wildman–Crippen LogP) is 2.54. The maximum atomic E-state index is 13.2. The van der Waals surface area contributed by atoms with E-state index in [4.69, 9.17) is 4.74 Å². The van der Waals surface area contributed by atoms with Crippen LogP contribution in [0.25, 0.3) is 0 Å². The second-order valence-electron chi connectivity index (χ2n) is 8.61. The average Bonchev–Trinajstić information content (AvgIpc) is 3.25. The second-order valence-corrected chi connectivity index (χ2v) is 8.61. The number of hydrogen-bond acceptors (Lipinski definition) is 5. The van der Waals surface area contributed by atoms with Gasteiger partial charge in [-0.25, -0.2) is 0 Å². The molecule has 0 aromatic heterocycles. The normalized spacial score (nSPS) is 21.1. The molecular formula is C24H37N3O3. The Kier molecular flexibility index (Phi) is 8.85. The zero-order valence-electron chi connectivity index (χ0n) is 18.6. The minimum Gasteiger partial charge on any atom is -0.383 e. The Bertz CT molecular complexity index is 674. The number of rotatable bonds is 10. The molecule has 2 aliphatic rings. The van der Waals surface area contributed by atoms with Crippen molar-refractivity contribution in [2.75, 3.05) is 59.5 Å². The average molecular weight is 416 g/mol. The number of likely N-dealkylation sites (tertiary alicyclic amines) is 2. The molecule has 0 unspecified atom stereocenters. The summed E-state index contributed by atoms with van der Waals surface area (Å²) in [4.78, 5) is 32.9. The number of likely N-dealkylation sites (N-methyl/N-ethyl adjacent to an activating group) is 1. The fraction of sp³-hybridized carbons (Fsp3) is 0.667. The zero-order valence-corrected chi connectivity index (χ0v) is 18.6. The van der Waals surface area contributed by atoms with Crippen LogP contribution in [0.4, 0.5) is 0 Å². The van der Waals surface area contributed by atoms with E-state index in [-0.39, 0.29) is 11.7 Å². The Balaban J connectivity index is 1.65. The Hall–Kier alpha value is -1.76.